The summed E-state index contributed by atoms with van der Waals surface area (Å²) in [4.78, 5) is 7.83. The molecule has 0 amide bonds. The largest absolute Gasteiger partial charge is 0.619 e. The van der Waals surface area contributed by atoms with Gasteiger partial charge in [-0.05, 0) is 12.1 Å². The summed E-state index contributed by atoms with van der Waals surface area (Å²) >= 11 is 1.22. The van der Waals surface area contributed by atoms with Gasteiger partial charge in [0.1, 0.15) is 0 Å². The van der Waals surface area contributed by atoms with Gasteiger partial charge in [0.05, 0.1) is 28.7 Å². The van der Waals surface area contributed by atoms with Crippen molar-refractivity contribution in [3.8, 4) is 11.3 Å². The van der Waals surface area contributed by atoms with Crippen LogP contribution >= 0.6 is 11.3 Å². The second-order valence-corrected chi connectivity index (χ2v) is 5.43. The zero-order valence-corrected chi connectivity index (χ0v) is 12.2. The highest BCUT2D eigenvalue weighted by Crippen LogP contribution is 2.31. The Morgan fingerprint density at radius 1 is 1.26 bits per heavy atom. The number of aromatic nitrogens is 3. The van der Waals surface area contributed by atoms with Crippen LogP contribution in [0.25, 0.3) is 11.3 Å². The molecule has 0 unspecified atom stereocenters. The van der Waals surface area contributed by atoms with Crippen LogP contribution in [-0.4, -0.2) is 9.97 Å². The first kappa shape index (κ1) is 15.2. The molecule has 23 heavy (non-hydrogen) atoms. The van der Waals surface area contributed by atoms with Crippen molar-refractivity contribution in [1.29, 1.82) is 0 Å². The summed E-state index contributed by atoms with van der Waals surface area (Å²) in [6.07, 6.45) is 0.304. The zero-order valence-electron chi connectivity index (χ0n) is 11.4. The van der Waals surface area contributed by atoms with E-state index in [1.165, 1.54) is 29.9 Å². The van der Waals surface area contributed by atoms with E-state index in [-0.39, 0.29) is 5.69 Å². The summed E-state index contributed by atoms with van der Waals surface area (Å²) in [5.41, 5.74) is 0.527. The molecule has 118 valence electrons. The van der Waals surface area contributed by atoms with Crippen LogP contribution < -0.4 is 10.0 Å². The third-order valence-electron chi connectivity index (χ3n) is 2.89. The normalized spacial score (nSPS) is 11.4. The summed E-state index contributed by atoms with van der Waals surface area (Å²) in [7, 11) is 0. The number of hydrogen-bond acceptors (Lipinski definition) is 5. The molecule has 5 nitrogen and oxygen atoms in total. The Kier molecular flexibility index (Phi) is 3.87. The summed E-state index contributed by atoms with van der Waals surface area (Å²) in [5, 5.41) is 16.1. The minimum absolute atomic E-state index is 0.188. The number of pyridine rings is 2. The molecule has 0 saturated carbocycles. The molecule has 0 aliphatic heterocycles. The van der Waals surface area contributed by atoms with E-state index in [1.54, 1.807) is 17.5 Å². The lowest BCUT2D eigenvalue weighted by atomic mass is 10.2. The average Bonchev–Trinajstić information content (AvgIpc) is 2.95. The van der Waals surface area contributed by atoms with Gasteiger partial charge in [-0.2, -0.15) is 17.9 Å². The van der Waals surface area contributed by atoms with Crippen molar-refractivity contribution in [1.82, 2.24) is 9.97 Å². The Bertz CT molecular complexity index is 835. The molecule has 3 aromatic heterocycles. The third kappa shape index (κ3) is 3.57. The first-order valence-corrected chi connectivity index (χ1v) is 7.24. The lowest BCUT2D eigenvalue weighted by Crippen LogP contribution is -2.23. The molecular formula is C14H9F3N4OS. The second kappa shape index (κ2) is 5.84. The lowest BCUT2D eigenvalue weighted by molar-refractivity contribution is -0.604. The van der Waals surface area contributed by atoms with Gasteiger partial charge in [-0.15, -0.1) is 11.3 Å². The van der Waals surface area contributed by atoms with Gasteiger partial charge in [0.15, 0.2) is 17.5 Å². The van der Waals surface area contributed by atoms with Crippen LogP contribution in [0.4, 0.5) is 24.0 Å². The smallest absolute Gasteiger partial charge is 0.417 e. The monoisotopic (exact) mass is 338 g/mol. The summed E-state index contributed by atoms with van der Waals surface area (Å²) in [5.74, 6) is 0. The fourth-order valence-corrected chi connectivity index (χ4v) is 2.60. The number of nitrogens with one attached hydrogen (secondary N) is 1. The highest BCUT2D eigenvalue weighted by Gasteiger charge is 2.31. The summed E-state index contributed by atoms with van der Waals surface area (Å²) < 4.78 is 38.6. The highest BCUT2D eigenvalue weighted by atomic mass is 32.1. The Morgan fingerprint density at radius 2 is 2.09 bits per heavy atom. The molecule has 9 heteroatoms. The quantitative estimate of drug-likeness (QED) is 0.585. The van der Waals surface area contributed by atoms with E-state index in [0.717, 1.165) is 12.3 Å². The molecule has 0 bridgehead atoms. The fraction of sp³-hybridized carbons (Fsp3) is 0.0714. The van der Waals surface area contributed by atoms with Gasteiger partial charge >= 0.3 is 6.18 Å². The first-order valence-electron chi connectivity index (χ1n) is 6.36. The molecule has 3 rings (SSSR count). The SMILES string of the molecule is [O-][n+]1cccc(-c2csc(Nc3cncc(C(F)(F)F)c3)n2)c1. The number of hydrogen-bond donors (Lipinski definition) is 1. The minimum Gasteiger partial charge on any atom is -0.619 e. The topological polar surface area (TPSA) is 64.8 Å². The van der Waals surface area contributed by atoms with Gasteiger partial charge in [-0.1, -0.05) is 0 Å². The second-order valence-electron chi connectivity index (χ2n) is 4.58. The van der Waals surface area contributed by atoms with E-state index in [9.17, 15) is 18.4 Å². The molecule has 0 saturated heterocycles. The molecular weight excluding hydrogens is 329 g/mol. The summed E-state index contributed by atoms with van der Waals surface area (Å²) in [6.45, 7) is 0. The molecule has 0 aliphatic rings. The van der Waals surface area contributed by atoms with Crippen molar-refractivity contribution in [3.05, 3.63) is 59.1 Å². The molecule has 0 atom stereocenters. The van der Waals surface area contributed by atoms with Gasteiger partial charge in [-0.3, -0.25) is 4.98 Å². The number of nitrogens with zero attached hydrogens (tertiary/aromatic N) is 3. The lowest BCUT2D eigenvalue weighted by Gasteiger charge is -2.08. The van der Waals surface area contributed by atoms with Crippen LogP contribution in [0.5, 0.6) is 0 Å². The van der Waals surface area contributed by atoms with Gasteiger partial charge in [0.25, 0.3) is 0 Å². The van der Waals surface area contributed by atoms with Crippen LogP contribution in [0.2, 0.25) is 0 Å². The van der Waals surface area contributed by atoms with E-state index in [0.29, 0.717) is 21.1 Å². The molecule has 1 N–H and O–H groups in total. The predicted octanol–water partition coefficient (Wildman–Crippen LogP) is 3.60. The first-order chi connectivity index (χ1) is 10.9. The van der Waals surface area contributed by atoms with Crippen LogP contribution in [0, 0.1) is 5.21 Å². The minimum atomic E-state index is -4.45. The molecule has 0 aliphatic carbocycles. The van der Waals surface area contributed by atoms with Crippen molar-refractivity contribution in [2.75, 3.05) is 5.32 Å². The number of halogens is 3. The maximum Gasteiger partial charge on any atom is 0.417 e. The standard InChI is InChI=1S/C14H9F3N4OS/c15-14(16,17)10-4-11(6-18-5-10)19-13-20-12(8-23-13)9-2-1-3-21(22)7-9/h1-8H,(H,19,20). The van der Waals surface area contributed by atoms with Crippen molar-refractivity contribution >= 4 is 22.2 Å². The zero-order chi connectivity index (χ0) is 16.4. The maximum absolute atomic E-state index is 12.7. The Balaban J connectivity index is 1.82. The van der Waals surface area contributed by atoms with Crippen molar-refractivity contribution in [2.45, 2.75) is 6.18 Å². The Morgan fingerprint density at radius 3 is 2.83 bits per heavy atom. The summed E-state index contributed by atoms with van der Waals surface area (Å²) in [6, 6.07) is 4.27. The molecule has 3 heterocycles. The van der Waals surface area contributed by atoms with E-state index >= 15 is 0 Å². The molecule has 3 aromatic rings. The number of rotatable bonds is 3. The maximum atomic E-state index is 12.7. The highest BCUT2D eigenvalue weighted by molar-refractivity contribution is 7.14. The Labute approximate surface area is 132 Å². The number of anilines is 2. The van der Waals surface area contributed by atoms with Crippen molar-refractivity contribution < 1.29 is 17.9 Å². The van der Waals surface area contributed by atoms with E-state index in [1.807, 2.05) is 0 Å². The van der Waals surface area contributed by atoms with Crippen LogP contribution in [-0.2, 0) is 6.18 Å². The molecule has 0 spiro atoms. The number of thiazole rings is 1. The van der Waals surface area contributed by atoms with Crippen LogP contribution in [0.3, 0.4) is 0 Å². The average molecular weight is 338 g/mol. The predicted molar refractivity (Wildman–Crippen MR) is 79.0 cm³/mol. The van der Waals surface area contributed by atoms with Crippen molar-refractivity contribution in [2.24, 2.45) is 0 Å². The Hall–Kier alpha value is -2.68. The van der Waals surface area contributed by atoms with Gasteiger partial charge < -0.3 is 10.5 Å². The number of alkyl halides is 3. The van der Waals surface area contributed by atoms with Gasteiger partial charge in [0, 0.05) is 17.6 Å². The molecule has 0 fully saturated rings. The van der Waals surface area contributed by atoms with E-state index in [2.05, 4.69) is 15.3 Å². The van der Waals surface area contributed by atoms with Crippen LogP contribution in [0.1, 0.15) is 5.56 Å². The van der Waals surface area contributed by atoms with Gasteiger partial charge in [0.2, 0.25) is 0 Å². The van der Waals surface area contributed by atoms with E-state index < -0.39 is 11.7 Å². The third-order valence-corrected chi connectivity index (χ3v) is 3.65. The molecule has 0 radical (unpaired) electrons. The molecule has 0 aromatic carbocycles. The van der Waals surface area contributed by atoms with Crippen LogP contribution in [0.15, 0.2) is 48.4 Å². The van der Waals surface area contributed by atoms with Gasteiger partial charge in [-0.25, -0.2) is 4.98 Å². The van der Waals surface area contributed by atoms with E-state index in [4.69, 9.17) is 0 Å². The fourth-order valence-electron chi connectivity index (χ4n) is 1.86. The van der Waals surface area contributed by atoms with Crippen molar-refractivity contribution in [3.63, 3.8) is 0 Å².